The Hall–Kier alpha value is -2.13. The minimum Gasteiger partial charge on any atom is -0.338 e. The fourth-order valence-corrected chi connectivity index (χ4v) is 3.80. The number of thioether (sulfide) groups is 1. The zero-order valence-electron chi connectivity index (χ0n) is 14.9. The van der Waals surface area contributed by atoms with E-state index in [1.807, 2.05) is 13.8 Å². The number of urea groups is 1. The lowest BCUT2D eigenvalue weighted by molar-refractivity contribution is -0.119. The number of hydrogen-bond acceptors (Lipinski definition) is 6. The van der Waals surface area contributed by atoms with Gasteiger partial charge in [-0.15, -0.1) is 17.9 Å². The Morgan fingerprint density at radius 3 is 2.81 bits per heavy atom. The topological polar surface area (TPSA) is 93.1 Å². The van der Waals surface area contributed by atoms with E-state index in [4.69, 9.17) is 0 Å². The fourth-order valence-electron chi connectivity index (χ4n) is 2.08. The van der Waals surface area contributed by atoms with Gasteiger partial charge in [0.25, 0.3) is 5.56 Å². The van der Waals surface area contributed by atoms with E-state index in [0.717, 1.165) is 11.8 Å². The molecule has 3 amide bonds. The van der Waals surface area contributed by atoms with Gasteiger partial charge in [-0.2, -0.15) is 0 Å². The summed E-state index contributed by atoms with van der Waals surface area (Å²) in [7, 11) is 0. The normalized spacial score (nSPS) is 12.2. The van der Waals surface area contributed by atoms with Crippen molar-refractivity contribution in [1.82, 2.24) is 20.2 Å². The monoisotopic (exact) mass is 394 g/mol. The van der Waals surface area contributed by atoms with Crippen LogP contribution in [0.2, 0.25) is 0 Å². The largest absolute Gasteiger partial charge is 0.338 e. The van der Waals surface area contributed by atoms with E-state index in [9.17, 15) is 14.4 Å². The number of nitrogens with one attached hydrogen (secondary N) is 2. The number of aromatic nitrogens is 2. The van der Waals surface area contributed by atoms with Gasteiger partial charge in [0.15, 0.2) is 5.16 Å². The summed E-state index contributed by atoms with van der Waals surface area (Å²) in [6.45, 7) is 10.0. The predicted molar refractivity (Wildman–Crippen MR) is 106 cm³/mol. The number of thiophene rings is 1. The third-order valence-electron chi connectivity index (χ3n) is 3.42. The first-order valence-corrected chi connectivity index (χ1v) is 9.93. The highest BCUT2D eigenvalue weighted by atomic mass is 32.2. The van der Waals surface area contributed by atoms with E-state index in [2.05, 4.69) is 22.2 Å². The molecule has 0 saturated heterocycles. The Morgan fingerprint density at radius 1 is 1.42 bits per heavy atom. The molecule has 2 rings (SSSR count). The molecule has 2 aromatic rings. The van der Waals surface area contributed by atoms with Crippen LogP contribution in [-0.2, 0) is 11.3 Å². The van der Waals surface area contributed by atoms with E-state index < -0.39 is 17.2 Å². The molecule has 0 bridgehead atoms. The third-order valence-corrected chi connectivity index (χ3v) is 5.32. The average Bonchev–Trinajstić information content (AvgIpc) is 3.05. The first kappa shape index (κ1) is 20.2. The van der Waals surface area contributed by atoms with Crippen molar-refractivity contribution in [2.45, 2.75) is 37.7 Å². The summed E-state index contributed by atoms with van der Waals surface area (Å²) in [5.41, 5.74) is -0.166. The molecule has 26 heavy (non-hydrogen) atoms. The number of amides is 3. The Kier molecular flexibility index (Phi) is 6.98. The van der Waals surface area contributed by atoms with Crippen LogP contribution in [0.25, 0.3) is 10.2 Å². The smallest absolute Gasteiger partial charge is 0.321 e. The molecule has 1 unspecified atom stereocenters. The van der Waals surface area contributed by atoms with Gasteiger partial charge in [0, 0.05) is 13.1 Å². The molecular formula is C17H22N4O3S2. The van der Waals surface area contributed by atoms with Crippen LogP contribution in [0, 0.1) is 5.92 Å². The molecule has 0 aliphatic heterocycles. The van der Waals surface area contributed by atoms with Gasteiger partial charge in [0.1, 0.15) is 4.83 Å². The van der Waals surface area contributed by atoms with Crippen molar-refractivity contribution in [3.8, 4) is 0 Å². The number of nitrogens with zero attached hydrogens (tertiary/aromatic N) is 2. The summed E-state index contributed by atoms with van der Waals surface area (Å²) in [5, 5.41) is 7.12. The van der Waals surface area contributed by atoms with E-state index >= 15 is 0 Å². The van der Waals surface area contributed by atoms with Crippen molar-refractivity contribution < 1.29 is 9.59 Å². The minimum atomic E-state index is -0.597. The molecule has 0 aliphatic carbocycles. The lowest BCUT2D eigenvalue weighted by Gasteiger charge is -2.15. The van der Waals surface area contributed by atoms with Gasteiger partial charge in [-0.05, 0) is 24.3 Å². The fraction of sp³-hybridized carbons (Fsp3) is 0.412. The average molecular weight is 395 g/mol. The van der Waals surface area contributed by atoms with E-state index in [1.165, 1.54) is 15.9 Å². The Balaban J connectivity index is 2.15. The van der Waals surface area contributed by atoms with Gasteiger partial charge in [-0.3, -0.25) is 19.5 Å². The van der Waals surface area contributed by atoms with Crippen LogP contribution in [0.1, 0.15) is 20.8 Å². The summed E-state index contributed by atoms with van der Waals surface area (Å²) < 4.78 is 1.48. The maximum atomic E-state index is 12.6. The summed E-state index contributed by atoms with van der Waals surface area (Å²) in [4.78, 5) is 41.7. The van der Waals surface area contributed by atoms with Crippen molar-refractivity contribution in [3.63, 3.8) is 0 Å². The molecule has 0 spiro atoms. The minimum absolute atomic E-state index is 0.166. The molecule has 9 heteroatoms. The van der Waals surface area contributed by atoms with Crippen LogP contribution in [0.5, 0.6) is 0 Å². The summed E-state index contributed by atoms with van der Waals surface area (Å²) in [6, 6.07) is 1.21. The lowest BCUT2D eigenvalue weighted by atomic mass is 10.2. The van der Waals surface area contributed by atoms with Gasteiger partial charge >= 0.3 is 6.03 Å². The number of allylic oxidation sites excluding steroid dienone is 1. The van der Waals surface area contributed by atoms with Gasteiger partial charge < -0.3 is 5.32 Å². The number of rotatable bonds is 7. The van der Waals surface area contributed by atoms with Crippen molar-refractivity contribution >= 4 is 45.3 Å². The molecular weight excluding hydrogens is 372 g/mol. The first-order valence-electron chi connectivity index (χ1n) is 8.17. The van der Waals surface area contributed by atoms with Crippen molar-refractivity contribution in [3.05, 3.63) is 34.5 Å². The van der Waals surface area contributed by atoms with Gasteiger partial charge in [-0.1, -0.05) is 31.7 Å². The number of fused-ring (bicyclic) bond motifs is 1. The highest BCUT2D eigenvalue weighted by molar-refractivity contribution is 8.00. The van der Waals surface area contributed by atoms with Crippen molar-refractivity contribution in [2.75, 3.05) is 6.54 Å². The van der Waals surface area contributed by atoms with Gasteiger partial charge in [0.05, 0.1) is 10.6 Å². The Labute approximate surface area is 159 Å². The van der Waals surface area contributed by atoms with Crippen LogP contribution in [0.4, 0.5) is 4.79 Å². The Bertz CT molecular complexity index is 873. The summed E-state index contributed by atoms with van der Waals surface area (Å²) in [5.74, 6) is -0.153. The summed E-state index contributed by atoms with van der Waals surface area (Å²) in [6.07, 6.45) is 1.61. The van der Waals surface area contributed by atoms with Crippen LogP contribution in [0.3, 0.4) is 0 Å². The molecule has 7 nitrogen and oxygen atoms in total. The molecule has 0 aromatic carbocycles. The lowest BCUT2D eigenvalue weighted by Crippen LogP contribution is -2.43. The molecule has 2 aromatic heterocycles. The van der Waals surface area contributed by atoms with Crippen LogP contribution in [0.15, 0.2) is 34.1 Å². The quantitative estimate of drug-likeness (QED) is 0.428. The molecule has 0 radical (unpaired) electrons. The molecule has 0 aliphatic rings. The highest BCUT2D eigenvalue weighted by Crippen LogP contribution is 2.24. The van der Waals surface area contributed by atoms with Crippen molar-refractivity contribution in [2.24, 2.45) is 5.92 Å². The maximum Gasteiger partial charge on any atom is 0.321 e. The van der Waals surface area contributed by atoms with Crippen LogP contribution in [-0.4, -0.2) is 33.3 Å². The van der Waals surface area contributed by atoms with E-state index in [-0.39, 0.29) is 11.5 Å². The van der Waals surface area contributed by atoms with Gasteiger partial charge in [-0.25, -0.2) is 9.78 Å². The third kappa shape index (κ3) is 4.95. The standard InChI is InChI=1S/C17H22N4O3S2/c1-5-7-21-15(23)12-6-8-25-14(12)20-17(21)26-11(4)13(22)19-16(24)18-9-10(2)3/h5-6,8,10-11H,1,7,9H2,2-4H3,(H2,18,19,22,24). The molecule has 2 heterocycles. The number of carbonyl (C=O) groups excluding carboxylic acids is 2. The molecule has 2 N–H and O–H groups in total. The number of hydrogen-bond donors (Lipinski definition) is 2. The highest BCUT2D eigenvalue weighted by Gasteiger charge is 2.21. The SMILES string of the molecule is C=CCn1c(SC(C)C(=O)NC(=O)NCC(C)C)nc2sccc2c1=O. The Morgan fingerprint density at radius 2 is 2.15 bits per heavy atom. The first-order chi connectivity index (χ1) is 12.3. The van der Waals surface area contributed by atoms with Crippen LogP contribution >= 0.6 is 23.1 Å². The zero-order valence-corrected chi connectivity index (χ0v) is 16.6. The maximum absolute atomic E-state index is 12.6. The zero-order chi connectivity index (χ0) is 19.3. The second-order valence-electron chi connectivity index (χ2n) is 6.09. The molecule has 0 fully saturated rings. The van der Waals surface area contributed by atoms with Crippen molar-refractivity contribution in [1.29, 1.82) is 0 Å². The van der Waals surface area contributed by atoms with E-state index in [1.54, 1.807) is 24.4 Å². The molecule has 140 valence electrons. The molecule has 1 atom stereocenters. The second kappa shape index (κ2) is 9.00. The predicted octanol–water partition coefficient (Wildman–Crippen LogP) is 2.61. The number of imide groups is 1. The summed E-state index contributed by atoms with van der Waals surface area (Å²) >= 11 is 2.51. The van der Waals surface area contributed by atoms with Gasteiger partial charge in [0.2, 0.25) is 5.91 Å². The van der Waals surface area contributed by atoms with E-state index in [0.29, 0.717) is 28.5 Å². The molecule has 0 saturated carbocycles. The van der Waals surface area contributed by atoms with Crippen LogP contribution < -0.4 is 16.2 Å². The second-order valence-corrected chi connectivity index (χ2v) is 8.29. The number of carbonyl (C=O) groups is 2.